The summed E-state index contributed by atoms with van der Waals surface area (Å²) in [4.78, 5) is 11.8. The van der Waals surface area contributed by atoms with E-state index in [4.69, 9.17) is 0 Å². The summed E-state index contributed by atoms with van der Waals surface area (Å²) in [5.41, 5.74) is 0. The lowest BCUT2D eigenvalue weighted by atomic mass is 9.90. The zero-order valence-corrected chi connectivity index (χ0v) is 9.63. The normalized spacial score (nSPS) is 18.9. The third kappa shape index (κ3) is 5.01. The van der Waals surface area contributed by atoms with Crippen LogP contribution < -0.4 is 5.32 Å². The van der Waals surface area contributed by atoms with E-state index in [1.807, 2.05) is 6.08 Å². The summed E-state index contributed by atoms with van der Waals surface area (Å²) in [5.74, 6) is 0.536. The van der Waals surface area contributed by atoms with Crippen molar-refractivity contribution in [2.75, 3.05) is 6.54 Å². The molecule has 1 fully saturated rings. The van der Waals surface area contributed by atoms with Gasteiger partial charge in [-0.1, -0.05) is 38.2 Å². The third-order valence-corrected chi connectivity index (χ3v) is 3.12. The standard InChI is InChI=1S/C13H23NO/c1-2-3-11-14-13(15)12-9-7-5-4-6-8-10-12/h2,12H,1,3-11H2,(H,14,15). The molecular formula is C13H23NO. The summed E-state index contributed by atoms with van der Waals surface area (Å²) < 4.78 is 0. The Kier molecular flexibility index (Phi) is 6.14. The topological polar surface area (TPSA) is 29.1 Å². The predicted molar refractivity (Wildman–Crippen MR) is 63.6 cm³/mol. The lowest BCUT2D eigenvalue weighted by Crippen LogP contribution is -2.31. The van der Waals surface area contributed by atoms with Crippen LogP contribution in [0.4, 0.5) is 0 Å². The van der Waals surface area contributed by atoms with Crippen LogP contribution >= 0.6 is 0 Å². The molecule has 86 valence electrons. The Morgan fingerprint density at radius 1 is 1.20 bits per heavy atom. The van der Waals surface area contributed by atoms with Gasteiger partial charge in [-0.25, -0.2) is 0 Å². The lowest BCUT2D eigenvalue weighted by Gasteiger charge is -2.18. The number of carbonyl (C=O) groups excluding carboxylic acids is 1. The van der Waals surface area contributed by atoms with E-state index in [2.05, 4.69) is 11.9 Å². The molecule has 0 aliphatic heterocycles. The van der Waals surface area contributed by atoms with Crippen LogP contribution in [0, 0.1) is 5.92 Å². The summed E-state index contributed by atoms with van der Waals surface area (Å²) in [6.45, 7) is 4.39. The molecule has 1 rings (SSSR count). The number of amides is 1. The molecule has 1 aliphatic carbocycles. The minimum atomic E-state index is 0.263. The molecule has 0 aromatic heterocycles. The molecule has 1 aliphatic rings. The smallest absolute Gasteiger partial charge is 0.223 e. The van der Waals surface area contributed by atoms with Crippen molar-refractivity contribution in [2.24, 2.45) is 5.92 Å². The van der Waals surface area contributed by atoms with Crippen LogP contribution in [0.5, 0.6) is 0 Å². The van der Waals surface area contributed by atoms with Crippen LogP contribution in [0.2, 0.25) is 0 Å². The summed E-state index contributed by atoms with van der Waals surface area (Å²) in [6, 6.07) is 0. The van der Waals surface area contributed by atoms with Crippen molar-refractivity contribution in [3.63, 3.8) is 0 Å². The molecule has 0 saturated heterocycles. The quantitative estimate of drug-likeness (QED) is 0.559. The summed E-state index contributed by atoms with van der Waals surface area (Å²) >= 11 is 0. The van der Waals surface area contributed by atoms with Gasteiger partial charge in [-0.15, -0.1) is 6.58 Å². The Morgan fingerprint density at radius 3 is 2.40 bits per heavy atom. The van der Waals surface area contributed by atoms with E-state index in [1.54, 1.807) is 0 Å². The first-order valence-electron chi connectivity index (χ1n) is 6.23. The monoisotopic (exact) mass is 209 g/mol. The van der Waals surface area contributed by atoms with Gasteiger partial charge in [-0.05, 0) is 19.3 Å². The van der Waals surface area contributed by atoms with E-state index in [-0.39, 0.29) is 11.8 Å². The number of hydrogen-bond donors (Lipinski definition) is 1. The zero-order valence-electron chi connectivity index (χ0n) is 9.63. The molecule has 1 N–H and O–H groups in total. The van der Waals surface area contributed by atoms with Gasteiger partial charge in [-0.3, -0.25) is 4.79 Å². The van der Waals surface area contributed by atoms with Crippen LogP contribution in [-0.4, -0.2) is 12.5 Å². The van der Waals surface area contributed by atoms with Gasteiger partial charge < -0.3 is 5.32 Å². The van der Waals surface area contributed by atoms with E-state index in [0.29, 0.717) is 0 Å². The zero-order chi connectivity index (χ0) is 10.9. The first-order valence-corrected chi connectivity index (χ1v) is 6.23. The van der Waals surface area contributed by atoms with E-state index in [0.717, 1.165) is 25.8 Å². The van der Waals surface area contributed by atoms with Crippen LogP contribution in [-0.2, 0) is 4.79 Å². The molecule has 1 saturated carbocycles. The number of carbonyl (C=O) groups is 1. The van der Waals surface area contributed by atoms with Crippen molar-refractivity contribution in [1.82, 2.24) is 5.32 Å². The van der Waals surface area contributed by atoms with Crippen molar-refractivity contribution < 1.29 is 4.79 Å². The third-order valence-electron chi connectivity index (χ3n) is 3.12. The highest BCUT2D eigenvalue weighted by Gasteiger charge is 2.18. The predicted octanol–water partition coefficient (Wildman–Crippen LogP) is 3.04. The molecule has 0 aromatic carbocycles. The Labute approximate surface area is 93.1 Å². The van der Waals surface area contributed by atoms with Crippen LogP contribution in [0.3, 0.4) is 0 Å². The fourth-order valence-corrected chi connectivity index (χ4v) is 2.16. The van der Waals surface area contributed by atoms with Gasteiger partial charge in [0.05, 0.1) is 0 Å². The molecule has 0 unspecified atom stereocenters. The molecule has 2 nitrogen and oxygen atoms in total. The van der Waals surface area contributed by atoms with Gasteiger partial charge in [0.25, 0.3) is 0 Å². The van der Waals surface area contributed by atoms with Crippen LogP contribution in [0.25, 0.3) is 0 Å². The van der Waals surface area contributed by atoms with Crippen LogP contribution in [0.15, 0.2) is 12.7 Å². The fraction of sp³-hybridized carbons (Fsp3) is 0.769. The Bertz CT molecular complexity index is 193. The molecule has 15 heavy (non-hydrogen) atoms. The second-order valence-corrected chi connectivity index (χ2v) is 4.41. The van der Waals surface area contributed by atoms with E-state index in [9.17, 15) is 4.79 Å². The molecule has 0 aromatic rings. The molecule has 0 atom stereocenters. The van der Waals surface area contributed by atoms with Gasteiger partial charge >= 0.3 is 0 Å². The largest absolute Gasteiger partial charge is 0.356 e. The second-order valence-electron chi connectivity index (χ2n) is 4.41. The van der Waals surface area contributed by atoms with E-state index < -0.39 is 0 Å². The van der Waals surface area contributed by atoms with Gasteiger partial charge in [-0.2, -0.15) is 0 Å². The molecule has 2 heteroatoms. The maximum absolute atomic E-state index is 11.8. The minimum absolute atomic E-state index is 0.263. The molecular weight excluding hydrogens is 186 g/mol. The maximum atomic E-state index is 11.8. The minimum Gasteiger partial charge on any atom is -0.356 e. The molecule has 0 heterocycles. The highest BCUT2D eigenvalue weighted by molar-refractivity contribution is 5.78. The van der Waals surface area contributed by atoms with Crippen molar-refractivity contribution in [3.8, 4) is 0 Å². The van der Waals surface area contributed by atoms with E-state index >= 15 is 0 Å². The van der Waals surface area contributed by atoms with Gasteiger partial charge in [0.2, 0.25) is 5.91 Å². The van der Waals surface area contributed by atoms with Gasteiger partial charge in [0.15, 0.2) is 0 Å². The highest BCUT2D eigenvalue weighted by atomic mass is 16.1. The fourth-order valence-electron chi connectivity index (χ4n) is 2.16. The molecule has 0 spiro atoms. The first kappa shape index (κ1) is 12.3. The Hall–Kier alpha value is -0.790. The summed E-state index contributed by atoms with van der Waals surface area (Å²) in [6.07, 6.45) is 11.3. The van der Waals surface area contributed by atoms with Crippen molar-refractivity contribution >= 4 is 5.91 Å². The molecule has 0 radical (unpaired) electrons. The van der Waals surface area contributed by atoms with E-state index in [1.165, 1.54) is 32.1 Å². The van der Waals surface area contributed by atoms with Gasteiger partial charge in [0, 0.05) is 12.5 Å². The Balaban J connectivity index is 2.25. The summed E-state index contributed by atoms with van der Waals surface area (Å²) in [5, 5.41) is 2.99. The number of nitrogens with one attached hydrogen (secondary N) is 1. The van der Waals surface area contributed by atoms with Crippen molar-refractivity contribution in [2.45, 2.75) is 51.4 Å². The average molecular weight is 209 g/mol. The lowest BCUT2D eigenvalue weighted by molar-refractivity contribution is -0.125. The van der Waals surface area contributed by atoms with Crippen molar-refractivity contribution in [3.05, 3.63) is 12.7 Å². The number of hydrogen-bond acceptors (Lipinski definition) is 1. The average Bonchev–Trinajstić information content (AvgIpc) is 2.17. The Morgan fingerprint density at radius 2 is 1.80 bits per heavy atom. The van der Waals surface area contributed by atoms with Crippen molar-refractivity contribution in [1.29, 1.82) is 0 Å². The maximum Gasteiger partial charge on any atom is 0.223 e. The SMILES string of the molecule is C=CCCNC(=O)C1CCCCCCC1. The second kappa shape index (κ2) is 7.49. The highest BCUT2D eigenvalue weighted by Crippen LogP contribution is 2.22. The number of rotatable bonds is 4. The summed E-state index contributed by atoms with van der Waals surface area (Å²) in [7, 11) is 0. The van der Waals surface area contributed by atoms with Crippen LogP contribution in [0.1, 0.15) is 51.4 Å². The first-order chi connectivity index (χ1) is 7.34. The molecule has 0 bridgehead atoms. The molecule has 1 amide bonds. The van der Waals surface area contributed by atoms with Gasteiger partial charge in [0.1, 0.15) is 0 Å².